The Morgan fingerprint density at radius 3 is 2.31 bits per heavy atom. The first-order valence-electron chi connectivity index (χ1n) is 5.82. The molecule has 0 radical (unpaired) electrons. The normalized spacial score (nSPS) is 29.4. The van der Waals surface area contributed by atoms with Gasteiger partial charge in [-0.3, -0.25) is 0 Å². The molecular weight excluding hydrogens is 224 g/mol. The van der Waals surface area contributed by atoms with Crippen molar-refractivity contribution in [3.63, 3.8) is 0 Å². The minimum absolute atomic E-state index is 0.0384. The summed E-state index contributed by atoms with van der Waals surface area (Å²) in [5, 5.41) is 0. The quantitative estimate of drug-likeness (QED) is 0.374. The molecule has 0 amide bonds. The van der Waals surface area contributed by atoms with Gasteiger partial charge in [-0.05, 0) is 32.9 Å². The van der Waals surface area contributed by atoms with Gasteiger partial charge in [0.05, 0.1) is 12.7 Å². The number of epoxide rings is 1. The summed E-state index contributed by atoms with van der Waals surface area (Å²) in [6, 6.07) is 0.965. The molecule has 0 aromatic heterocycles. The average molecular weight is 248 g/mol. The second-order valence-corrected chi connectivity index (χ2v) is 8.36. The van der Waals surface area contributed by atoms with Crippen LogP contribution in [0.3, 0.4) is 0 Å². The van der Waals surface area contributed by atoms with Gasteiger partial charge >= 0.3 is 8.56 Å². The Morgan fingerprint density at radius 2 is 1.88 bits per heavy atom. The van der Waals surface area contributed by atoms with Crippen LogP contribution in [0.2, 0.25) is 12.6 Å². The smallest absolute Gasteiger partial charge is 0.334 e. The Balaban J connectivity index is 2.04. The summed E-state index contributed by atoms with van der Waals surface area (Å²) >= 11 is 0. The Bertz CT molecular complexity index is 220. The highest BCUT2D eigenvalue weighted by Crippen LogP contribution is 2.35. The van der Waals surface area contributed by atoms with Crippen molar-refractivity contribution in [1.82, 2.24) is 0 Å². The zero-order chi connectivity index (χ0) is 12.2. The van der Waals surface area contributed by atoms with Gasteiger partial charge in [-0.2, -0.15) is 0 Å². The minimum atomic E-state index is -1.90. The van der Waals surface area contributed by atoms with E-state index in [-0.39, 0.29) is 5.60 Å². The van der Waals surface area contributed by atoms with Gasteiger partial charge in [-0.1, -0.05) is 0 Å². The fourth-order valence-corrected chi connectivity index (χ4v) is 2.94. The second-order valence-electron chi connectivity index (χ2n) is 4.77. The van der Waals surface area contributed by atoms with E-state index < -0.39 is 8.56 Å². The van der Waals surface area contributed by atoms with Crippen LogP contribution >= 0.6 is 0 Å². The Kier molecular flexibility index (Phi) is 4.94. The molecule has 0 aromatic rings. The zero-order valence-electron chi connectivity index (χ0n) is 11.0. The molecule has 1 aliphatic rings. The van der Waals surface area contributed by atoms with Crippen LogP contribution in [-0.4, -0.2) is 47.7 Å². The Hall–Kier alpha value is 0.0569. The number of ether oxygens (including phenoxy) is 2. The summed E-state index contributed by atoms with van der Waals surface area (Å²) in [5.74, 6) is 0. The standard InChI is InChI=1S/C11H24O4Si/c1-10-11(2,15-10)9-14-7-6-8-16(5,12-3)13-4/h10H,6-9H2,1-5H3. The lowest BCUT2D eigenvalue weighted by Crippen LogP contribution is -2.36. The molecule has 0 N–H and O–H groups in total. The number of rotatable bonds is 8. The highest BCUT2D eigenvalue weighted by atomic mass is 28.4. The average Bonchev–Trinajstić information content (AvgIpc) is 2.86. The molecule has 1 aliphatic heterocycles. The molecule has 1 heterocycles. The van der Waals surface area contributed by atoms with Crippen molar-refractivity contribution in [2.75, 3.05) is 27.4 Å². The van der Waals surface area contributed by atoms with Crippen LogP contribution in [0, 0.1) is 0 Å². The first kappa shape index (κ1) is 14.1. The number of hydrogen-bond donors (Lipinski definition) is 0. The maximum absolute atomic E-state index is 5.60. The molecule has 4 nitrogen and oxygen atoms in total. The highest BCUT2D eigenvalue weighted by molar-refractivity contribution is 6.65. The molecule has 16 heavy (non-hydrogen) atoms. The van der Waals surface area contributed by atoms with Gasteiger partial charge in [0.2, 0.25) is 0 Å². The molecule has 1 saturated heterocycles. The predicted octanol–water partition coefficient (Wildman–Crippen LogP) is 1.94. The molecule has 0 aliphatic carbocycles. The lowest BCUT2D eigenvalue weighted by molar-refractivity contribution is 0.0843. The molecule has 1 rings (SSSR count). The summed E-state index contributed by atoms with van der Waals surface area (Å²) in [5.41, 5.74) is -0.0384. The molecule has 0 spiro atoms. The van der Waals surface area contributed by atoms with Crippen molar-refractivity contribution >= 4 is 8.56 Å². The molecule has 5 heteroatoms. The van der Waals surface area contributed by atoms with E-state index in [0.29, 0.717) is 12.7 Å². The summed E-state index contributed by atoms with van der Waals surface area (Å²) in [6.45, 7) is 7.66. The van der Waals surface area contributed by atoms with E-state index in [1.165, 1.54) is 0 Å². The van der Waals surface area contributed by atoms with E-state index >= 15 is 0 Å². The number of hydrogen-bond acceptors (Lipinski definition) is 4. The van der Waals surface area contributed by atoms with Gasteiger partial charge in [0.15, 0.2) is 0 Å². The molecule has 0 bridgehead atoms. The van der Waals surface area contributed by atoms with Gasteiger partial charge in [-0.25, -0.2) is 0 Å². The monoisotopic (exact) mass is 248 g/mol. The van der Waals surface area contributed by atoms with Crippen LogP contribution in [0.4, 0.5) is 0 Å². The molecule has 2 atom stereocenters. The van der Waals surface area contributed by atoms with E-state index in [0.717, 1.165) is 19.1 Å². The topological polar surface area (TPSA) is 40.2 Å². The maximum atomic E-state index is 5.60. The van der Waals surface area contributed by atoms with Crippen molar-refractivity contribution in [1.29, 1.82) is 0 Å². The maximum Gasteiger partial charge on any atom is 0.334 e. The summed E-state index contributed by atoms with van der Waals surface area (Å²) in [7, 11) is 1.54. The molecular formula is C11H24O4Si. The van der Waals surface area contributed by atoms with Crippen LogP contribution in [0.5, 0.6) is 0 Å². The van der Waals surface area contributed by atoms with Crippen LogP contribution in [-0.2, 0) is 18.3 Å². The van der Waals surface area contributed by atoms with Gasteiger partial charge in [0.1, 0.15) is 5.60 Å². The molecule has 0 aromatic carbocycles. The summed E-state index contributed by atoms with van der Waals surface area (Å²) in [4.78, 5) is 0. The van der Waals surface area contributed by atoms with Crippen molar-refractivity contribution in [3.05, 3.63) is 0 Å². The zero-order valence-corrected chi connectivity index (χ0v) is 12.0. The van der Waals surface area contributed by atoms with Crippen LogP contribution in [0.25, 0.3) is 0 Å². The Labute approximate surface area is 99.5 Å². The van der Waals surface area contributed by atoms with E-state index in [9.17, 15) is 0 Å². The van der Waals surface area contributed by atoms with Crippen LogP contribution < -0.4 is 0 Å². The molecule has 1 fully saturated rings. The molecule has 0 saturated carbocycles. The van der Waals surface area contributed by atoms with Crippen molar-refractivity contribution < 1.29 is 18.3 Å². The van der Waals surface area contributed by atoms with Crippen LogP contribution in [0.1, 0.15) is 20.3 Å². The molecule has 96 valence electrons. The van der Waals surface area contributed by atoms with Gasteiger partial charge < -0.3 is 18.3 Å². The van der Waals surface area contributed by atoms with E-state index in [1.54, 1.807) is 14.2 Å². The van der Waals surface area contributed by atoms with Crippen molar-refractivity contribution in [2.45, 2.75) is 44.6 Å². The summed E-state index contributed by atoms with van der Waals surface area (Å²) < 4.78 is 21.8. The second kappa shape index (κ2) is 5.60. The summed E-state index contributed by atoms with van der Waals surface area (Å²) in [6.07, 6.45) is 1.32. The Morgan fingerprint density at radius 1 is 1.31 bits per heavy atom. The van der Waals surface area contributed by atoms with Gasteiger partial charge in [-0.15, -0.1) is 0 Å². The minimum Gasteiger partial charge on any atom is -0.398 e. The predicted molar refractivity (Wildman–Crippen MR) is 64.8 cm³/mol. The fraction of sp³-hybridized carbons (Fsp3) is 1.00. The highest BCUT2D eigenvalue weighted by Gasteiger charge is 2.48. The van der Waals surface area contributed by atoms with E-state index in [1.807, 2.05) is 0 Å². The first-order chi connectivity index (χ1) is 7.46. The third kappa shape index (κ3) is 3.82. The SMILES string of the molecule is CO[Si](C)(CCCOCC1(C)OC1C)OC. The van der Waals surface area contributed by atoms with E-state index in [4.69, 9.17) is 18.3 Å². The molecule has 2 unspecified atom stereocenters. The third-order valence-electron chi connectivity index (χ3n) is 3.42. The lowest BCUT2D eigenvalue weighted by Gasteiger charge is -2.22. The van der Waals surface area contributed by atoms with Gasteiger partial charge in [0.25, 0.3) is 0 Å². The fourth-order valence-electron chi connectivity index (χ4n) is 1.58. The van der Waals surface area contributed by atoms with Crippen molar-refractivity contribution in [2.24, 2.45) is 0 Å². The van der Waals surface area contributed by atoms with Crippen molar-refractivity contribution in [3.8, 4) is 0 Å². The van der Waals surface area contributed by atoms with E-state index in [2.05, 4.69) is 20.4 Å². The van der Waals surface area contributed by atoms with Gasteiger partial charge in [0, 0.05) is 20.8 Å². The van der Waals surface area contributed by atoms with Crippen LogP contribution in [0.15, 0.2) is 0 Å². The lowest BCUT2D eigenvalue weighted by atomic mass is 10.1. The largest absolute Gasteiger partial charge is 0.398 e. The first-order valence-corrected chi connectivity index (χ1v) is 8.34. The third-order valence-corrected chi connectivity index (χ3v) is 6.41.